The van der Waals surface area contributed by atoms with Crippen molar-refractivity contribution in [3.8, 4) is 0 Å². The fourth-order valence-electron chi connectivity index (χ4n) is 0.448. The Morgan fingerprint density at radius 1 is 1.70 bits per heavy atom. The first-order valence-electron chi connectivity index (χ1n) is 2.91. The molecule has 0 aliphatic heterocycles. The molecule has 0 spiro atoms. The lowest BCUT2D eigenvalue weighted by atomic mass is 10.3. The van der Waals surface area contributed by atoms with E-state index in [1.54, 1.807) is 12.2 Å². The van der Waals surface area contributed by atoms with Gasteiger partial charge in [0, 0.05) is 0 Å². The van der Waals surface area contributed by atoms with E-state index in [2.05, 4.69) is 13.2 Å². The molecule has 0 unspecified atom stereocenters. The normalized spacial score (nSPS) is 10.8. The van der Waals surface area contributed by atoms with Crippen molar-refractivity contribution in [2.75, 3.05) is 13.7 Å². The zero-order chi connectivity index (χ0) is 7.98. The molecule has 0 aliphatic carbocycles. The molecule has 0 amide bonds. The topological polar surface area (TPSA) is 29.5 Å². The summed E-state index contributed by atoms with van der Waals surface area (Å²) in [4.78, 5) is 0. The van der Waals surface area contributed by atoms with Gasteiger partial charge in [0.05, 0.1) is 13.7 Å². The summed E-state index contributed by atoms with van der Waals surface area (Å²) in [6.45, 7) is 7.00. The van der Waals surface area contributed by atoms with Gasteiger partial charge in [0.2, 0.25) is 0 Å². The molecule has 0 aromatic carbocycles. The van der Waals surface area contributed by atoms with E-state index in [1.165, 1.54) is 7.11 Å². The molecule has 0 bridgehead atoms. The van der Waals surface area contributed by atoms with Gasteiger partial charge in [-0.15, -0.1) is 0 Å². The van der Waals surface area contributed by atoms with Crippen LogP contribution in [0, 0.1) is 0 Å². The molecule has 0 atom stereocenters. The first kappa shape index (κ1) is 8.98. The lowest BCUT2D eigenvalue weighted by molar-refractivity contribution is 0.303. The summed E-state index contributed by atoms with van der Waals surface area (Å²) in [7, 11) is 1.54. The lowest BCUT2D eigenvalue weighted by Gasteiger charge is -1.98. The molecule has 0 rings (SSSR count). The van der Waals surface area contributed by atoms with Crippen LogP contribution in [-0.4, -0.2) is 18.8 Å². The third-order valence-electron chi connectivity index (χ3n) is 0.986. The van der Waals surface area contributed by atoms with E-state index in [1.807, 2.05) is 0 Å². The molecule has 10 heavy (non-hydrogen) atoms. The van der Waals surface area contributed by atoms with E-state index in [0.717, 1.165) is 0 Å². The van der Waals surface area contributed by atoms with Crippen LogP contribution in [0.25, 0.3) is 0 Å². The lowest BCUT2D eigenvalue weighted by Crippen LogP contribution is -1.87. The fraction of sp³-hybridized carbons (Fsp3) is 0.250. The van der Waals surface area contributed by atoms with Crippen LogP contribution >= 0.6 is 0 Å². The second kappa shape index (κ2) is 4.82. The van der Waals surface area contributed by atoms with Gasteiger partial charge in [-0.05, 0) is 17.7 Å². The molecular formula is C8H12O2. The van der Waals surface area contributed by atoms with Crippen molar-refractivity contribution in [2.24, 2.45) is 0 Å². The zero-order valence-corrected chi connectivity index (χ0v) is 6.13. The van der Waals surface area contributed by atoms with Crippen LogP contribution in [0.4, 0.5) is 0 Å². The summed E-state index contributed by atoms with van der Waals surface area (Å²) in [5.74, 6) is 0.610. The highest BCUT2D eigenvalue weighted by Crippen LogP contribution is 2.00. The minimum atomic E-state index is -0.0549. The van der Waals surface area contributed by atoms with Crippen LogP contribution in [0.15, 0.2) is 36.6 Å². The Balaban J connectivity index is 4.09. The molecule has 0 saturated carbocycles. The number of aliphatic hydroxyl groups excluding tert-OH is 1. The smallest absolute Gasteiger partial charge is 0.118 e. The second-order valence-electron chi connectivity index (χ2n) is 1.77. The van der Waals surface area contributed by atoms with Crippen molar-refractivity contribution in [1.29, 1.82) is 0 Å². The quantitative estimate of drug-likeness (QED) is 0.470. The summed E-state index contributed by atoms with van der Waals surface area (Å²) in [5.41, 5.74) is 0.608. The van der Waals surface area contributed by atoms with Crippen molar-refractivity contribution in [3.63, 3.8) is 0 Å². The minimum Gasteiger partial charge on any atom is -0.497 e. The Hall–Kier alpha value is -1.02. The monoisotopic (exact) mass is 140 g/mol. The number of hydrogen-bond donors (Lipinski definition) is 1. The Bertz CT molecular complexity index is 157. The van der Waals surface area contributed by atoms with Gasteiger partial charge >= 0.3 is 0 Å². The molecular weight excluding hydrogens is 128 g/mol. The minimum absolute atomic E-state index is 0.0549. The number of ether oxygens (including phenoxy) is 1. The van der Waals surface area contributed by atoms with E-state index in [9.17, 15) is 0 Å². The van der Waals surface area contributed by atoms with Crippen LogP contribution in [0.1, 0.15) is 0 Å². The molecule has 2 heteroatoms. The molecule has 56 valence electrons. The Labute approximate surface area is 61.1 Å². The summed E-state index contributed by atoms with van der Waals surface area (Å²) in [5, 5.41) is 8.54. The SMILES string of the molecule is C=C/C(=C\C(=C)CO)OC. The van der Waals surface area contributed by atoms with Gasteiger partial charge in [-0.3, -0.25) is 0 Å². The van der Waals surface area contributed by atoms with Gasteiger partial charge in [-0.1, -0.05) is 13.2 Å². The van der Waals surface area contributed by atoms with Gasteiger partial charge < -0.3 is 9.84 Å². The first-order chi connectivity index (χ1) is 4.74. The van der Waals surface area contributed by atoms with E-state index in [0.29, 0.717) is 11.3 Å². The summed E-state index contributed by atoms with van der Waals surface area (Å²) < 4.78 is 4.84. The first-order valence-corrected chi connectivity index (χ1v) is 2.91. The highest BCUT2D eigenvalue weighted by molar-refractivity contribution is 5.23. The number of rotatable bonds is 4. The van der Waals surface area contributed by atoms with E-state index in [4.69, 9.17) is 9.84 Å². The molecule has 0 aliphatic rings. The standard InChI is InChI=1S/C8H12O2/c1-4-8(10-3)5-7(2)6-9/h4-5,9H,1-2,6H2,3H3/b8-5+. The van der Waals surface area contributed by atoms with Gasteiger partial charge in [-0.25, -0.2) is 0 Å². The molecule has 2 nitrogen and oxygen atoms in total. The summed E-state index contributed by atoms with van der Waals surface area (Å²) in [6.07, 6.45) is 3.19. The van der Waals surface area contributed by atoms with Gasteiger partial charge in [0.15, 0.2) is 0 Å². The van der Waals surface area contributed by atoms with Gasteiger partial charge in [-0.2, -0.15) is 0 Å². The van der Waals surface area contributed by atoms with Crippen LogP contribution in [0.5, 0.6) is 0 Å². The maximum Gasteiger partial charge on any atom is 0.118 e. The van der Waals surface area contributed by atoms with Crippen LogP contribution < -0.4 is 0 Å². The van der Waals surface area contributed by atoms with Crippen LogP contribution in [0.3, 0.4) is 0 Å². The average molecular weight is 140 g/mol. The number of hydrogen-bond acceptors (Lipinski definition) is 2. The third-order valence-corrected chi connectivity index (χ3v) is 0.986. The highest BCUT2D eigenvalue weighted by atomic mass is 16.5. The van der Waals surface area contributed by atoms with Crippen molar-refractivity contribution >= 4 is 0 Å². The summed E-state index contributed by atoms with van der Waals surface area (Å²) >= 11 is 0. The van der Waals surface area contributed by atoms with Crippen molar-refractivity contribution in [3.05, 3.63) is 36.6 Å². The van der Waals surface area contributed by atoms with Crippen molar-refractivity contribution in [2.45, 2.75) is 0 Å². The second-order valence-corrected chi connectivity index (χ2v) is 1.77. The van der Waals surface area contributed by atoms with Crippen molar-refractivity contribution in [1.82, 2.24) is 0 Å². The van der Waals surface area contributed by atoms with E-state index < -0.39 is 0 Å². The number of methoxy groups -OCH3 is 1. The Morgan fingerprint density at radius 2 is 2.30 bits per heavy atom. The largest absolute Gasteiger partial charge is 0.497 e. The maximum atomic E-state index is 8.54. The van der Waals surface area contributed by atoms with Gasteiger partial charge in [0.1, 0.15) is 5.76 Å². The molecule has 0 radical (unpaired) electrons. The Morgan fingerprint density at radius 3 is 2.60 bits per heavy atom. The predicted octanol–water partition coefficient (Wildman–Crippen LogP) is 1.25. The predicted molar refractivity (Wildman–Crippen MR) is 41.5 cm³/mol. The van der Waals surface area contributed by atoms with E-state index in [-0.39, 0.29) is 6.61 Å². The average Bonchev–Trinajstić information content (AvgIpc) is 1.99. The number of aliphatic hydroxyl groups is 1. The highest BCUT2D eigenvalue weighted by Gasteiger charge is 1.89. The Kier molecular flexibility index (Phi) is 4.33. The molecule has 0 aromatic rings. The molecule has 0 saturated heterocycles. The maximum absolute atomic E-state index is 8.54. The third kappa shape index (κ3) is 3.10. The summed E-state index contributed by atoms with van der Waals surface area (Å²) in [6, 6.07) is 0. The molecule has 0 fully saturated rings. The fourth-order valence-corrected chi connectivity index (χ4v) is 0.448. The van der Waals surface area contributed by atoms with Crippen LogP contribution in [0.2, 0.25) is 0 Å². The van der Waals surface area contributed by atoms with Crippen LogP contribution in [-0.2, 0) is 4.74 Å². The molecule has 0 heterocycles. The molecule has 0 aromatic heterocycles. The van der Waals surface area contributed by atoms with Crippen molar-refractivity contribution < 1.29 is 9.84 Å². The number of allylic oxidation sites excluding steroid dienone is 1. The van der Waals surface area contributed by atoms with E-state index >= 15 is 0 Å². The molecule has 1 N–H and O–H groups in total. The van der Waals surface area contributed by atoms with Gasteiger partial charge in [0.25, 0.3) is 0 Å². The zero-order valence-electron chi connectivity index (χ0n) is 6.13.